The van der Waals surface area contributed by atoms with Gasteiger partial charge >= 0.3 is 12.1 Å². The quantitative estimate of drug-likeness (QED) is 0.0831. The first-order chi connectivity index (χ1) is 31.1. The molecule has 64 heavy (non-hydrogen) atoms. The standard InChI is InChI=1S/C49H57N9O6/c1-31(2)42(55-49(63)64-3)46(60)57-25-7-11-40(57)44-50-29-38(52-44)34-19-15-32(16-20-34)13-14-33-17-21-35(22-18-33)39-30-51-45(53-39)41-12-8-26-58(41)47(61)43(36-9-5-4-6-10-36)54-48(62)56-27-23-37(59)24-28-56/h4-6,9-10,15-22,29-31,37,40-43,47,59,61H,7-8,11-12,23-28H2,1-3H3,(H,50,52)(H,51,53)(H,54,62)(H,55,63). The van der Waals surface area contributed by atoms with Crippen molar-refractivity contribution in [3.8, 4) is 34.4 Å². The monoisotopic (exact) mass is 867 g/mol. The second kappa shape index (κ2) is 19.9. The van der Waals surface area contributed by atoms with Crippen molar-refractivity contribution in [2.24, 2.45) is 5.92 Å². The van der Waals surface area contributed by atoms with Crippen molar-refractivity contribution in [2.75, 3.05) is 33.3 Å². The number of urea groups is 1. The molecule has 15 nitrogen and oxygen atoms in total. The summed E-state index contributed by atoms with van der Waals surface area (Å²) in [6.07, 6.45) is 5.97. The molecule has 5 aromatic rings. The number of alkyl carbamates (subject to hydrolysis) is 1. The van der Waals surface area contributed by atoms with E-state index in [9.17, 15) is 24.6 Å². The van der Waals surface area contributed by atoms with Gasteiger partial charge in [0.25, 0.3) is 0 Å². The Labute approximate surface area is 373 Å². The van der Waals surface area contributed by atoms with E-state index in [4.69, 9.17) is 9.72 Å². The molecular weight excluding hydrogens is 811 g/mol. The Morgan fingerprint density at radius 3 is 1.89 bits per heavy atom. The van der Waals surface area contributed by atoms with Crippen molar-refractivity contribution in [2.45, 2.75) is 88.9 Å². The number of hydrogen-bond donors (Lipinski definition) is 6. The number of ether oxygens (including phenoxy) is 1. The molecule has 3 aliphatic rings. The van der Waals surface area contributed by atoms with Crippen LogP contribution in [0.4, 0.5) is 9.59 Å². The molecule has 3 saturated heterocycles. The first-order valence-electron chi connectivity index (χ1n) is 22.3. The zero-order valence-electron chi connectivity index (χ0n) is 36.5. The zero-order valence-corrected chi connectivity index (χ0v) is 36.5. The van der Waals surface area contributed by atoms with Crippen LogP contribution in [0.3, 0.4) is 0 Å². The molecule has 5 heterocycles. The van der Waals surface area contributed by atoms with Gasteiger partial charge in [-0.2, -0.15) is 0 Å². The topological polar surface area (TPSA) is 192 Å². The minimum Gasteiger partial charge on any atom is -0.453 e. The van der Waals surface area contributed by atoms with E-state index in [1.807, 2.05) is 104 Å². The van der Waals surface area contributed by atoms with Gasteiger partial charge in [-0.15, -0.1) is 0 Å². The molecule has 0 bridgehead atoms. The number of nitrogens with zero attached hydrogens (tertiary/aromatic N) is 5. The summed E-state index contributed by atoms with van der Waals surface area (Å²) < 4.78 is 4.76. The lowest BCUT2D eigenvalue weighted by atomic mass is 10.0. The number of H-pyrrole nitrogens is 2. The van der Waals surface area contributed by atoms with Gasteiger partial charge in [0.15, 0.2) is 0 Å². The van der Waals surface area contributed by atoms with E-state index in [1.165, 1.54) is 7.11 Å². The summed E-state index contributed by atoms with van der Waals surface area (Å²) in [5.41, 5.74) is 6.14. The molecule has 334 valence electrons. The van der Waals surface area contributed by atoms with E-state index in [0.29, 0.717) is 44.8 Å². The minimum absolute atomic E-state index is 0.110. The Kier molecular flexibility index (Phi) is 13.7. The lowest BCUT2D eigenvalue weighted by molar-refractivity contribution is -0.135. The minimum atomic E-state index is -0.996. The number of aliphatic hydroxyl groups is 2. The number of amides is 4. The number of aromatic amines is 2. The van der Waals surface area contributed by atoms with Crippen molar-refractivity contribution in [1.82, 2.24) is 45.3 Å². The summed E-state index contributed by atoms with van der Waals surface area (Å²) in [4.78, 5) is 60.8. The number of imidazole rings is 2. The van der Waals surface area contributed by atoms with Gasteiger partial charge in [0.2, 0.25) is 5.91 Å². The summed E-state index contributed by atoms with van der Waals surface area (Å²) in [7, 11) is 1.29. The van der Waals surface area contributed by atoms with Crippen LogP contribution in [-0.2, 0) is 9.53 Å². The number of piperidine rings is 1. The molecule has 3 aliphatic heterocycles. The van der Waals surface area contributed by atoms with Gasteiger partial charge in [0, 0.05) is 37.3 Å². The SMILES string of the molecule is COC(=O)NC(C(=O)N1CCCC1c1ncc(-c2ccc(C#Cc3ccc(-c4cnc(C5CCCN5C(O)C(NC(=O)N5CCC(O)CC5)c5ccccc5)[nH]4)cc3)cc2)[nH]1)C(C)C. The number of methoxy groups -OCH3 is 1. The largest absolute Gasteiger partial charge is 0.453 e. The predicted octanol–water partition coefficient (Wildman–Crippen LogP) is 6.27. The molecule has 3 aromatic carbocycles. The van der Waals surface area contributed by atoms with E-state index in [-0.39, 0.29) is 29.9 Å². The number of benzene rings is 3. The highest BCUT2D eigenvalue weighted by Crippen LogP contribution is 2.37. The third-order valence-corrected chi connectivity index (χ3v) is 12.6. The third-order valence-electron chi connectivity index (χ3n) is 12.6. The van der Waals surface area contributed by atoms with Crippen LogP contribution in [0.5, 0.6) is 0 Å². The average molecular weight is 868 g/mol. The number of rotatable bonds is 11. The summed E-state index contributed by atoms with van der Waals surface area (Å²) in [5.74, 6) is 7.75. The van der Waals surface area contributed by atoms with Crippen LogP contribution in [0.25, 0.3) is 22.5 Å². The van der Waals surface area contributed by atoms with Crippen LogP contribution < -0.4 is 10.6 Å². The summed E-state index contributed by atoms with van der Waals surface area (Å²) in [6.45, 7) is 5.97. The van der Waals surface area contributed by atoms with Crippen LogP contribution in [0, 0.1) is 17.8 Å². The lowest BCUT2D eigenvalue weighted by Gasteiger charge is -2.36. The molecule has 0 spiro atoms. The van der Waals surface area contributed by atoms with Crippen molar-refractivity contribution >= 4 is 18.0 Å². The maximum Gasteiger partial charge on any atom is 0.407 e. The molecule has 0 aliphatic carbocycles. The second-order valence-corrected chi connectivity index (χ2v) is 17.2. The molecule has 4 amide bonds. The van der Waals surface area contributed by atoms with E-state index >= 15 is 0 Å². The summed E-state index contributed by atoms with van der Waals surface area (Å²) >= 11 is 0. The second-order valence-electron chi connectivity index (χ2n) is 17.2. The normalized spacial score (nSPS) is 19.5. The fourth-order valence-electron chi connectivity index (χ4n) is 8.98. The molecule has 8 rings (SSSR count). The van der Waals surface area contributed by atoms with Gasteiger partial charge < -0.3 is 45.4 Å². The number of likely N-dealkylation sites (tertiary alicyclic amines) is 3. The van der Waals surface area contributed by atoms with E-state index in [1.54, 1.807) is 16.0 Å². The number of hydrogen-bond acceptors (Lipinski definition) is 9. The smallest absolute Gasteiger partial charge is 0.407 e. The van der Waals surface area contributed by atoms with Crippen molar-refractivity contribution in [1.29, 1.82) is 0 Å². The molecule has 0 radical (unpaired) electrons. The Balaban J connectivity index is 0.891. The van der Waals surface area contributed by atoms with Gasteiger partial charge in [0.1, 0.15) is 23.9 Å². The van der Waals surface area contributed by atoms with Gasteiger partial charge in [-0.1, -0.05) is 80.3 Å². The Morgan fingerprint density at radius 1 is 0.750 bits per heavy atom. The number of carbonyl (C=O) groups excluding carboxylic acids is 3. The summed E-state index contributed by atoms with van der Waals surface area (Å²) in [6, 6.07) is 23.5. The van der Waals surface area contributed by atoms with Gasteiger partial charge in [-0.05, 0) is 85.4 Å². The van der Waals surface area contributed by atoms with Crippen molar-refractivity contribution in [3.05, 3.63) is 120 Å². The molecule has 15 heteroatoms. The predicted molar refractivity (Wildman–Crippen MR) is 241 cm³/mol. The molecule has 5 unspecified atom stereocenters. The van der Waals surface area contributed by atoms with E-state index in [2.05, 4.69) is 37.4 Å². The number of nitrogens with one attached hydrogen (secondary N) is 4. The van der Waals surface area contributed by atoms with Gasteiger partial charge in [-0.25, -0.2) is 19.6 Å². The Bertz CT molecular complexity index is 2430. The highest BCUT2D eigenvalue weighted by Gasteiger charge is 2.39. The highest BCUT2D eigenvalue weighted by molar-refractivity contribution is 5.86. The molecular formula is C49H57N9O6. The number of carbonyl (C=O) groups is 3. The fraction of sp³-hybridized carbons (Fsp3) is 0.408. The molecule has 2 aromatic heterocycles. The van der Waals surface area contributed by atoms with Crippen LogP contribution in [0.1, 0.15) is 98.8 Å². The first kappa shape index (κ1) is 44.1. The molecule has 0 saturated carbocycles. The zero-order chi connectivity index (χ0) is 44.7. The molecule has 5 atom stereocenters. The lowest BCUT2D eigenvalue weighted by Crippen LogP contribution is -2.51. The average Bonchev–Trinajstić information content (AvgIpc) is 4.17. The number of aromatic nitrogens is 4. The maximum absolute atomic E-state index is 13.5. The van der Waals surface area contributed by atoms with Gasteiger partial charge in [-0.3, -0.25) is 9.69 Å². The number of aliphatic hydroxyl groups excluding tert-OH is 2. The highest BCUT2D eigenvalue weighted by atomic mass is 16.5. The summed E-state index contributed by atoms with van der Waals surface area (Å²) in [5, 5.41) is 27.7. The molecule has 3 fully saturated rings. The van der Waals surface area contributed by atoms with Gasteiger partial charge in [0.05, 0.1) is 55.1 Å². The van der Waals surface area contributed by atoms with Crippen LogP contribution in [0.2, 0.25) is 0 Å². The first-order valence-corrected chi connectivity index (χ1v) is 22.3. The van der Waals surface area contributed by atoms with Crippen molar-refractivity contribution in [3.63, 3.8) is 0 Å². The van der Waals surface area contributed by atoms with Crippen LogP contribution in [-0.4, -0.2) is 115 Å². The van der Waals surface area contributed by atoms with Crippen LogP contribution in [0.15, 0.2) is 91.3 Å². The maximum atomic E-state index is 13.5. The Morgan fingerprint density at radius 2 is 1.31 bits per heavy atom. The van der Waals surface area contributed by atoms with E-state index < -0.39 is 30.5 Å². The molecule has 6 N–H and O–H groups in total. The third kappa shape index (κ3) is 10.00. The van der Waals surface area contributed by atoms with E-state index in [0.717, 1.165) is 70.7 Å². The van der Waals surface area contributed by atoms with Crippen LogP contribution >= 0.6 is 0 Å². The fourth-order valence-corrected chi connectivity index (χ4v) is 8.98. The van der Waals surface area contributed by atoms with Crippen molar-refractivity contribution < 1.29 is 29.3 Å². The Hall–Kier alpha value is -6.47.